The Labute approximate surface area is 92.7 Å². The maximum Gasteiger partial charge on any atom is 0.355 e. The molecule has 4 heteroatoms. The Balaban J connectivity index is 2.78. The van der Waals surface area contributed by atoms with E-state index in [1.54, 1.807) is 6.07 Å². The van der Waals surface area contributed by atoms with E-state index in [0.717, 1.165) is 16.5 Å². The van der Waals surface area contributed by atoms with Gasteiger partial charge < -0.3 is 4.74 Å². The van der Waals surface area contributed by atoms with E-state index in [9.17, 15) is 4.79 Å². The van der Waals surface area contributed by atoms with E-state index < -0.39 is 5.97 Å². The van der Waals surface area contributed by atoms with Gasteiger partial charge in [-0.3, -0.25) is 0 Å². The Morgan fingerprint density at radius 2 is 2.19 bits per heavy atom. The molecule has 0 spiro atoms. The highest BCUT2D eigenvalue weighted by molar-refractivity contribution is 5.96. The molecule has 1 heterocycles. The maximum atomic E-state index is 11.5. The van der Waals surface area contributed by atoms with Crippen LogP contribution >= 0.6 is 0 Å². The van der Waals surface area contributed by atoms with Crippen molar-refractivity contribution in [3.8, 4) is 6.19 Å². The predicted octanol–water partition coefficient (Wildman–Crippen LogP) is 2.07. The summed E-state index contributed by atoms with van der Waals surface area (Å²) in [6.07, 6.45) is 1.98. The average Bonchev–Trinajstić information content (AvgIpc) is 2.65. The molecule has 2 aromatic rings. The monoisotopic (exact) mass is 214 g/mol. The first-order valence-electron chi connectivity index (χ1n) is 4.78. The van der Waals surface area contributed by atoms with Crippen LogP contribution in [0, 0.1) is 18.4 Å². The molecule has 0 unspecified atom stereocenters. The van der Waals surface area contributed by atoms with Crippen LogP contribution in [0.2, 0.25) is 0 Å². The van der Waals surface area contributed by atoms with Crippen LogP contribution in [0.25, 0.3) is 10.9 Å². The van der Waals surface area contributed by atoms with E-state index in [1.807, 2.05) is 31.3 Å². The second-order valence-electron chi connectivity index (χ2n) is 3.52. The fourth-order valence-electron chi connectivity index (χ4n) is 1.67. The summed E-state index contributed by atoms with van der Waals surface area (Å²) in [4.78, 5) is 11.5. The number of hydrogen-bond acceptors (Lipinski definition) is 3. The van der Waals surface area contributed by atoms with Gasteiger partial charge in [-0.2, -0.15) is 5.26 Å². The number of hydrogen-bond donors (Lipinski definition) is 0. The number of aryl methyl sites for hydroxylation is 1. The highest BCUT2D eigenvalue weighted by atomic mass is 16.5. The second kappa shape index (κ2) is 3.70. The fraction of sp³-hybridized carbons (Fsp3) is 0.167. The molecule has 1 aromatic heterocycles. The number of esters is 1. The van der Waals surface area contributed by atoms with Crippen molar-refractivity contribution in [2.45, 2.75) is 6.92 Å². The van der Waals surface area contributed by atoms with Gasteiger partial charge in [-0.15, -0.1) is 0 Å². The topological polar surface area (TPSA) is 55.0 Å². The van der Waals surface area contributed by atoms with Crippen molar-refractivity contribution in [3.63, 3.8) is 0 Å². The van der Waals surface area contributed by atoms with Crippen molar-refractivity contribution in [3.05, 3.63) is 35.5 Å². The molecule has 4 nitrogen and oxygen atoms in total. The lowest BCUT2D eigenvalue weighted by Gasteiger charge is -1.99. The zero-order chi connectivity index (χ0) is 11.7. The second-order valence-corrected chi connectivity index (χ2v) is 3.52. The molecule has 0 N–H and O–H groups in total. The van der Waals surface area contributed by atoms with Gasteiger partial charge in [-0.25, -0.2) is 9.36 Å². The van der Waals surface area contributed by atoms with Crippen molar-refractivity contribution >= 4 is 16.9 Å². The Bertz CT molecular complexity index is 605. The fourth-order valence-corrected chi connectivity index (χ4v) is 1.67. The van der Waals surface area contributed by atoms with Crippen LogP contribution in [0.3, 0.4) is 0 Å². The van der Waals surface area contributed by atoms with E-state index in [0.29, 0.717) is 0 Å². The lowest BCUT2D eigenvalue weighted by atomic mass is 10.2. The third kappa shape index (κ3) is 1.43. The number of fused-ring (bicyclic) bond motifs is 1. The minimum Gasteiger partial charge on any atom is -0.464 e. The summed E-state index contributed by atoms with van der Waals surface area (Å²) in [6, 6.07) is 7.34. The average molecular weight is 214 g/mol. The van der Waals surface area contributed by atoms with Gasteiger partial charge in [0.05, 0.1) is 12.6 Å². The predicted molar refractivity (Wildman–Crippen MR) is 59.0 cm³/mol. The molecule has 0 aliphatic heterocycles. The van der Waals surface area contributed by atoms with Crippen molar-refractivity contribution in [2.75, 3.05) is 7.11 Å². The zero-order valence-corrected chi connectivity index (χ0v) is 9.02. The molecule has 0 atom stereocenters. The Morgan fingerprint density at radius 3 is 2.81 bits per heavy atom. The van der Waals surface area contributed by atoms with Gasteiger partial charge in [0.15, 0.2) is 6.19 Å². The van der Waals surface area contributed by atoms with Crippen LogP contribution in [-0.2, 0) is 4.74 Å². The quantitative estimate of drug-likeness (QED) is 0.683. The Morgan fingerprint density at radius 1 is 1.44 bits per heavy atom. The van der Waals surface area contributed by atoms with Gasteiger partial charge in [0.1, 0.15) is 5.69 Å². The highest BCUT2D eigenvalue weighted by Crippen LogP contribution is 2.21. The molecule has 2 rings (SSSR count). The van der Waals surface area contributed by atoms with Crippen LogP contribution in [0.1, 0.15) is 16.1 Å². The molecule has 0 aliphatic carbocycles. The molecule has 0 amide bonds. The Kier molecular flexibility index (Phi) is 2.37. The molecular formula is C12H10N2O2. The molecule has 0 radical (unpaired) electrons. The number of aromatic nitrogens is 1. The van der Waals surface area contributed by atoms with E-state index in [1.165, 1.54) is 11.7 Å². The SMILES string of the molecule is COC(=O)c1cc2ccc(C)cc2n1C#N. The normalized spacial score (nSPS) is 10.1. The maximum absolute atomic E-state index is 11.5. The molecule has 0 saturated heterocycles. The van der Waals surface area contributed by atoms with Gasteiger partial charge in [-0.05, 0) is 24.6 Å². The highest BCUT2D eigenvalue weighted by Gasteiger charge is 2.15. The summed E-state index contributed by atoms with van der Waals surface area (Å²) in [5, 5.41) is 9.90. The summed E-state index contributed by atoms with van der Waals surface area (Å²) < 4.78 is 5.91. The lowest BCUT2D eigenvalue weighted by molar-refractivity contribution is 0.0592. The minimum atomic E-state index is -0.504. The summed E-state index contributed by atoms with van der Waals surface area (Å²) in [6.45, 7) is 1.94. The van der Waals surface area contributed by atoms with Crippen LogP contribution in [0.5, 0.6) is 0 Å². The first-order chi connectivity index (χ1) is 7.67. The Hall–Kier alpha value is -2.28. The van der Waals surface area contributed by atoms with Crippen LogP contribution < -0.4 is 0 Å². The number of methoxy groups -OCH3 is 1. The van der Waals surface area contributed by atoms with Gasteiger partial charge in [-0.1, -0.05) is 12.1 Å². The summed E-state index contributed by atoms with van der Waals surface area (Å²) in [5.74, 6) is -0.504. The van der Waals surface area contributed by atoms with Crippen LogP contribution in [0.4, 0.5) is 0 Å². The van der Waals surface area contributed by atoms with Crippen LogP contribution in [0.15, 0.2) is 24.3 Å². The number of benzene rings is 1. The molecule has 0 aliphatic rings. The molecule has 16 heavy (non-hydrogen) atoms. The number of carbonyl (C=O) groups excluding carboxylic acids is 1. The zero-order valence-electron chi connectivity index (χ0n) is 9.02. The van der Waals surface area contributed by atoms with Gasteiger partial charge in [0.2, 0.25) is 0 Å². The van der Waals surface area contributed by atoms with Crippen molar-refractivity contribution < 1.29 is 9.53 Å². The molecule has 0 bridgehead atoms. The first kappa shape index (κ1) is 10.2. The standard InChI is InChI=1S/C12H10N2O2/c1-8-3-4-9-6-11(12(15)16-2)14(7-13)10(9)5-8/h3-6H,1-2H3. The number of nitriles is 1. The van der Waals surface area contributed by atoms with E-state index >= 15 is 0 Å². The summed E-state index contributed by atoms with van der Waals surface area (Å²) >= 11 is 0. The number of nitrogens with zero attached hydrogens (tertiary/aromatic N) is 2. The van der Waals surface area contributed by atoms with Gasteiger partial charge in [0, 0.05) is 5.39 Å². The molecule has 80 valence electrons. The summed E-state index contributed by atoms with van der Waals surface area (Å²) in [5.41, 5.74) is 2.02. The van der Waals surface area contributed by atoms with Crippen LogP contribution in [-0.4, -0.2) is 17.6 Å². The van der Waals surface area contributed by atoms with E-state index in [4.69, 9.17) is 5.26 Å². The molecule has 0 saturated carbocycles. The minimum absolute atomic E-state index is 0.255. The van der Waals surface area contributed by atoms with Crippen molar-refractivity contribution in [1.82, 2.24) is 4.57 Å². The van der Waals surface area contributed by atoms with E-state index in [-0.39, 0.29) is 5.69 Å². The number of ether oxygens (including phenoxy) is 1. The van der Waals surface area contributed by atoms with Crippen molar-refractivity contribution in [1.29, 1.82) is 5.26 Å². The third-order valence-corrected chi connectivity index (χ3v) is 2.45. The third-order valence-electron chi connectivity index (χ3n) is 2.45. The number of carbonyl (C=O) groups is 1. The van der Waals surface area contributed by atoms with Gasteiger partial charge in [0.25, 0.3) is 0 Å². The number of rotatable bonds is 1. The molecule has 0 fully saturated rings. The summed E-state index contributed by atoms with van der Waals surface area (Å²) in [7, 11) is 1.30. The lowest BCUT2D eigenvalue weighted by Crippen LogP contribution is -2.06. The van der Waals surface area contributed by atoms with Gasteiger partial charge >= 0.3 is 5.97 Å². The molecule has 1 aromatic carbocycles. The largest absolute Gasteiger partial charge is 0.464 e. The van der Waals surface area contributed by atoms with E-state index in [2.05, 4.69) is 4.74 Å². The smallest absolute Gasteiger partial charge is 0.355 e. The molecular weight excluding hydrogens is 204 g/mol. The first-order valence-corrected chi connectivity index (χ1v) is 4.78. The van der Waals surface area contributed by atoms with Crippen molar-refractivity contribution in [2.24, 2.45) is 0 Å².